The number of carbonyl (C=O) groups excluding carboxylic acids is 1. The number of amides is 1. The summed E-state index contributed by atoms with van der Waals surface area (Å²) in [5.41, 5.74) is 3.81. The third kappa shape index (κ3) is 3.40. The van der Waals surface area contributed by atoms with Crippen LogP contribution in [0.1, 0.15) is 4.88 Å². The van der Waals surface area contributed by atoms with Gasteiger partial charge in [-0.2, -0.15) is 0 Å². The van der Waals surface area contributed by atoms with Gasteiger partial charge >= 0.3 is 6.09 Å². The molecule has 3 aromatic rings. The van der Waals surface area contributed by atoms with Gasteiger partial charge in [-0.25, -0.2) is 9.78 Å². The lowest BCUT2D eigenvalue weighted by atomic mass is 10.1. The molecule has 0 aliphatic heterocycles. The van der Waals surface area contributed by atoms with E-state index in [1.54, 1.807) is 11.3 Å². The molecule has 5 heteroatoms. The van der Waals surface area contributed by atoms with Crippen LogP contribution in [0, 0.1) is 6.92 Å². The van der Waals surface area contributed by atoms with E-state index in [2.05, 4.69) is 29.1 Å². The Balaban J connectivity index is 1.87. The molecule has 0 radical (unpaired) electrons. The summed E-state index contributed by atoms with van der Waals surface area (Å²) in [5.74, 6) is 0. The molecule has 3 rings (SSSR count). The molecule has 2 aromatic carbocycles. The van der Waals surface area contributed by atoms with Crippen LogP contribution >= 0.6 is 11.3 Å². The number of aromatic nitrogens is 1. The SMILES string of the molecule is COC(=O)Nc1ccc(-c2nc(-c3ccccc3)sc2C)cc1. The van der Waals surface area contributed by atoms with Crippen LogP contribution in [-0.2, 0) is 4.74 Å². The van der Waals surface area contributed by atoms with Gasteiger partial charge in [-0.15, -0.1) is 11.3 Å². The summed E-state index contributed by atoms with van der Waals surface area (Å²) in [6.07, 6.45) is -0.478. The monoisotopic (exact) mass is 324 g/mol. The molecule has 23 heavy (non-hydrogen) atoms. The summed E-state index contributed by atoms with van der Waals surface area (Å²) in [7, 11) is 1.34. The largest absolute Gasteiger partial charge is 0.453 e. The van der Waals surface area contributed by atoms with Gasteiger partial charge in [0.15, 0.2) is 0 Å². The lowest BCUT2D eigenvalue weighted by Crippen LogP contribution is -2.10. The fraction of sp³-hybridized carbons (Fsp3) is 0.111. The number of rotatable bonds is 3. The minimum Gasteiger partial charge on any atom is -0.453 e. The zero-order valence-electron chi connectivity index (χ0n) is 12.9. The highest BCUT2D eigenvalue weighted by Gasteiger charge is 2.11. The number of aryl methyl sites for hydroxylation is 1. The van der Waals surface area contributed by atoms with Crippen LogP contribution in [0.15, 0.2) is 54.6 Å². The van der Waals surface area contributed by atoms with E-state index in [1.807, 2.05) is 42.5 Å². The Labute approximate surface area is 138 Å². The highest BCUT2D eigenvalue weighted by Crippen LogP contribution is 2.33. The van der Waals surface area contributed by atoms with Gasteiger partial charge in [-0.05, 0) is 19.1 Å². The third-order valence-electron chi connectivity index (χ3n) is 3.41. The number of benzene rings is 2. The van der Waals surface area contributed by atoms with Crippen molar-refractivity contribution >= 4 is 23.1 Å². The lowest BCUT2D eigenvalue weighted by Gasteiger charge is -2.04. The minimum absolute atomic E-state index is 0.478. The van der Waals surface area contributed by atoms with E-state index in [0.29, 0.717) is 5.69 Å². The minimum atomic E-state index is -0.478. The number of nitrogens with zero attached hydrogens (tertiary/aromatic N) is 1. The number of nitrogens with one attached hydrogen (secondary N) is 1. The van der Waals surface area contributed by atoms with Crippen LogP contribution in [0.25, 0.3) is 21.8 Å². The van der Waals surface area contributed by atoms with Gasteiger partial charge in [0.05, 0.1) is 12.8 Å². The van der Waals surface area contributed by atoms with E-state index in [-0.39, 0.29) is 0 Å². The van der Waals surface area contributed by atoms with Gasteiger partial charge in [0.2, 0.25) is 0 Å². The van der Waals surface area contributed by atoms with Gasteiger partial charge in [0.25, 0.3) is 0 Å². The molecule has 0 spiro atoms. The molecule has 0 saturated carbocycles. The van der Waals surface area contributed by atoms with Crippen LogP contribution < -0.4 is 5.32 Å². The zero-order chi connectivity index (χ0) is 16.2. The summed E-state index contributed by atoms with van der Waals surface area (Å²) < 4.78 is 4.58. The molecule has 0 saturated heterocycles. The number of hydrogen-bond donors (Lipinski definition) is 1. The van der Waals surface area contributed by atoms with Crippen LogP contribution in [0.5, 0.6) is 0 Å². The third-order valence-corrected chi connectivity index (χ3v) is 4.43. The first-order chi connectivity index (χ1) is 11.2. The Morgan fingerprint density at radius 3 is 2.39 bits per heavy atom. The molecule has 0 bridgehead atoms. The van der Waals surface area contributed by atoms with Crippen molar-refractivity contribution in [3.05, 3.63) is 59.5 Å². The number of anilines is 1. The molecular formula is C18H16N2O2S. The normalized spacial score (nSPS) is 10.3. The van der Waals surface area contributed by atoms with Crippen molar-refractivity contribution in [2.75, 3.05) is 12.4 Å². The Kier molecular flexibility index (Phi) is 4.39. The predicted molar refractivity (Wildman–Crippen MR) is 93.8 cm³/mol. The molecule has 4 nitrogen and oxygen atoms in total. The van der Waals surface area contributed by atoms with Gasteiger partial charge in [-0.3, -0.25) is 5.32 Å². The molecule has 1 heterocycles. The molecular weight excluding hydrogens is 308 g/mol. The maximum Gasteiger partial charge on any atom is 0.411 e. The average molecular weight is 324 g/mol. The maximum absolute atomic E-state index is 11.2. The molecule has 0 aliphatic carbocycles. The van der Waals surface area contributed by atoms with E-state index in [1.165, 1.54) is 7.11 Å². The molecule has 0 unspecified atom stereocenters. The van der Waals surface area contributed by atoms with Crippen LogP contribution in [0.2, 0.25) is 0 Å². The lowest BCUT2D eigenvalue weighted by molar-refractivity contribution is 0.187. The van der Waals surface area contributed by atoms with Crippen LogP contribution in [0.4, 0.5) is 10.5 Å². The summed E-state index contributed by atoms with van der Waals surface area (Å²) >= 11 is 1.68. The molecule has 1 aromatic heterocycles. The first-order valence-electron chi connectivity index (χ1n) is 7.15. The molecule has 0 aliphatic rings. The fourth-order valence-corrected chi connectivity index (χ4v) is 3.19. The quantitative estimate of drug-likeness (QED) is 0.740. The van der Waals surface area contributed by atoms with Gasteiger partial charge in [-0.1, -0.05) is 42.5 Å². The molecule has 1 amide bonds. The van der Waals surface area contributed by atoms with E-state index >= 15 is 0 Å². The van der Waals surface area contributed by atoms with E-state index in [0.717, 1.165) is 26.7 Å². The van der Waals surface area contributed by atoms with Gasteiger partial charge < -0.3 is 4.74 Å². The number of ether oxygens (including phenoxy) is 1. The van der Waals surface area contributed by atoms with Crippen molar-refractivity contribution in [3.8, 4) is 21.8 Å². The number of hydrogen-bond acceptors (Lipinski definition) is 4. The second-order valence-electron chi connectivity index (χ2n) is 4.98. The van der Waals surface area contributed by atoms with Crippen molar-refractivity contribution < 1.29 is 9.53 Å². The topological polar surface area (TPSA) is 51.2 Å². The van der Waals surface area contributed by atoms with Crippen molar-refractivity contribution in [2.45, 2.75) is 6.92 Å². The second-order valence-corrected chi connectivity index (χ2v) is 6.19. The Bertz CT molecular complexity index is 811. The number of methoxy groups -OCH3 is 1. The number of carbonyl (C=O) groups is 1. The van der Waals surface area contributed by atoms with Crippen LogP contribution in [-0.4, -0.2) is 18.2 Å². The van der Waals surface area contributed by atoms with E-state index < -0.39 is 6.09 Å². The first-order valence-corrected chi connectivity index (χ1v) is 7.97. The standard InChI is InChI=1S/C18H16N2O2S/c1-12-16(20-17(23-12)14-6-4-3-5-7-14)13-8-10-15(11-9-13)19-18(21)22-2/h3-11H,1-2H3,(H,19,21). The second kappa shape index (κ2) is 6.62. The Hall–Kier alpha value is -2.66. The highest BCUT2D eigenvalue weighted by molar-refractivity contribution is 7.15. The Morgan fingerprint density at radius 1 is 1.04 bits per heavy atom. The van der Waals surface area contributed by atoms with Crippen LogP contribution in [0.3, 0.4) is 0 Å². The predicted octanol–water partition coefficient (Wildman–Crippen LogP) is 4.96. The fourth-order valence-electron chi connectivity index (χ4n) is 2.25. The summed E-state index contributed by atoms with van der Waals surface area (Å²) in [4.78, 5) is 17.1. The first kappa shape index (κ1) is 15.2. The van der Waals surface area contributed by atoms with E-state index in [4.69, 9.17) is 4.98 Å². The summed E-state index contributed by atoms with van der Waals surface area (Å²) in [6.45, 7) is 2.07. The van der Waals surface area contributed by atoms with Crippen molar-refractivity contribution in [1.82, 2.24) is 4.98 Å². The smallest absolute Gasteiger partial charge is 0.411 e. The van der Waals surface area contributed by atoms with Crippen molar-refractivity contribution in [3.63, 3.8) is 0 Å². The molecule has 116 valence electrons. The molecule has 0 atom stereocenters. The van der Waals surface area contributed by atoms with Gasteiger partial charge in [0.1, 0.15) is 5.01 Å². The maximum atomic E-state index is 11.2. The summed E-state index contributed by atoms with van der Waals surface area (Å²) in [5, 5.41) is 3.65. The average Bonchev–Trinajstić information content (AvgIpc) is 2.98. The van der Waals surface area contributed by atoms with Crippen molar-refractivity contribution in [2.24, 2.45) is 0 Å². The van der Waals surface area contributed by atoms with E-state index in [9.17, 15) is 4.79 Å². The Morgan fingerprint density at radius 2 is 1.74 bits per heavy atom. The molecule has 0 fully saturated rings. The highest BCUT2D eigenvalue weighted by atomic mass is 32.1. The number of thiazole rings is 1. The van der Waals surface area contributed by atoms with Gasteiger partial charge in [0, 0.05) is 21.7 Å². The summed E-state index contributed by atoms with van der Waals surface area (Å²) in [6, 6.07) is 17.7. The molecule has 1 N–H and O–H groups in total. The zero-order valence-corrected chi connectivity index (χ0v) is 13.7. The van der Waals surface area contributed by atoms with Crippen molar-refractivity contribution in [1.29, 1.82) is 0 Å².